The van der Waals surface area contributed by atoms with Crippen molar-refractivity contribution >= 4 is 15.9 Å². The van der Waals surface area contributed by atoms with E-state index in [1.807, 2.05) is 0 Å². The lowest BCUT2D eigenvalue weighted by molar-refractivity contribution is 0.230. The number of alkyl halides is 1. The average molecular weight is 337 g/mol. The van der Waals surface area contributed by atoms with E-state index in [9.17, 15) is 0 Å². The third kappa shape index (κ3) is 3.67. The Kier molecular flexibility index (Phi) is 5.72. The van der Waals surface area contributed by atoms with Gasteiger partial charge in [-0.15, -0.1) is 0 Å². The monoisotopic (exact) mass is 336 g/mol. The Morgan fingerprint density at radius 1 is 1.10 bits per heavy atom. The molecule has 1 saturated carbocycles. The van der Waals surface area contributed by atoms with Crippen LogP contribution in [0.4, 0.5) is 0 Å². The summed E-state index contributed by atoms with van der Waals surface area (Å²) in [6.07, 6.45) is 9.36. The minimum atomic E-state index is 0.487. The first kappa shape index (κ1) is 16.1. The van der Waals surface area contributed by atoms with Crippen LogP contribution >= 0.6 is 15.9 Å². The van der Waals surface area contributed by atoms with E-state index in [2.05, 4.69) is 61.0 Å². The molecule has 1 aliphatic carbocycles. The van der Waals surface area contributed by atoms with Crippen LogP contribution in [-0.4, -0.2) is 0 Å². The Labute approximate surface area is 133 Å². The maximum Gasteiger partial charge on any atom is 0.0451 e. The van der Waals surface area contributed by atoms with Gasteiger partial charge in [0.1, 0.15) is 0 Å². The number of halogens is 1. The van der Waals surface area contributed by atoms with Gasteiger partial charge in [0.05, 0.1) is 0 Å². The molecule has 0 N–H and O–H groups in total. The number of aryl methyl sites for hydroxylation is 1. The summed E-state index contributed by atoms with van der Waals surface area (Å²) in [5, 5.41) is 0. The minimum Gasteiger partial charge on any atom is -0.0833 e. The quantitative estimate of drug-likeness (QED) is 0.508. The molecule has 112 valence electrons. The molecule has 0 saturated heterocycles. The van der Waals surface area contributed by atoms with E-state index >= 15 is 0 Å². The second-order valence-corrected chi connectivity index (χ2v) is 7.94. The van der Waals surface area contributed by atoms with Crippen molar-refractivity contribution in [1.82, 2.24) is 0 Å². The van der Waals surface area contributed by atoms with Gasteiger partial charge in [-0.2, -0.15) is 0 Å². The molecular weight excluding hydrogens is 308 g/mol. The Morgan fingerprint density at radius 3 is 2.20 bits per heavy atom. The zero-order chi connectivity index (χ0) is 14.6. The van der Waals surface area contributed by atoms with Gasteiger partial charge >= 0.3 is 0 Å². The summed E-state index contributed by atoms with van der Waals surface area (Å²) in [5.74, 6) is 0.785. The Morgan fingerprint density at radius 2 is 1.70 bits per heavy atom. The molecule has 0 nitrogen and oxygen atoms in total. The smallest absolute Gasteiger partial charge is 0.0451 e. The second kappa shape index (κ2) is 7.11. The van der Waals surface area contributed by atoms with Gasteiger partial charge in [-0.1, -0.05) is 80.2 Å². The van der Waals surface area contributed by atoms with E-state index < -0.39 is 0 Å². The predicted molar refractivity (Wildman–Crippen MR) is 92.5 cm³/mol. The zero-order valence-corrected chi connectivity index (χ0v) is 14.9. The van der Waals surface area contributed by atoms with Gasteiger partial charge in [-0.3, -0.25) is 0 Å². The van der Waals surface area contributed by atoms with Crippen molar-refractivity contribution in [3.8, 4) is 0 Å². The first-order valence-electron chi connectivity index (χ1n) is 8.30. The lowest BCUT2D eigenvalue weighted by Gasteiger charge is -2.36. The molecule has 1 aliphatic rings. The highest BCUT2D eigenvalue weighted by molar-refractivity contribution is 9.09. The first-order chi connectivity index (χ1) is 9.57. The molecule has 20 heavy (non-hydrogen) atoms. The number of rotatable bonds is 6. The van der Waals surface area contributed by atoms with E-state index in [0.717, 1.165) is 5.92 Å². The average Bonchev–Trinajstić information content (AvgIpc) is 2.88. The molecule has 1 aromatic rings. The SMILES string of the molecule is CCCc1ccc(C(Br)C2(CC(C)C)CCCC2)cc1. The highest BCUT2D eigenvalue weighted by Gasteiger charge is 2.40. The third-order valence-electron chi connectivity index (χ3n) is 4.76. The fraction of sp³-hybridized carbons (Fsp3) is 0.684. The lowest BCUT2D eigenvalue weighted by atomic mass is 9.74. The molecule has 0 spiro atoms. The van der Waals surface area contributed by atoms with Crippen LogP contribution in [0.1, 0.15) is 75.3 Å². The topological polar surface area (TPSA) is 0 Å². The van der Waals surface area contributed by atoms with E-state index in [-0.39, 0.29) is 0 Å². The van der Waals surface area contributed by atoms with E-state index in [1.165, 1.54) is 56.1 Å². The van der Waals surface area contributed by atoms with Crippen molar-refractivity contribution in [3.63, 3.8) is 0 Å². The van der Waals surface area contributed by atoms with Gasteiger partial charge in [0.25, 0.3) is 0 Å². The summed E-state index contributed by atoms with van der Waals surface area (Å²) in [6, 6.07) is 9.35. The van der Waals surface area contributed by atoms with Crippen molar-refractivity contribution < 1.29 is 0 Å². The van der Waals surface area contributed by atoms with E-state index in [0.29, 0.717) is 10.2 Å². The van der Waals surface area contributed by atoms with E-state index in [4.69, 9.17) is 0 Å². The molecule has 0 amide bonds. The highest BCUT2D eigenvalue weighted by Crippen LogP contribution is 2.55. The van der Waals surface area contributed by atoms with Crippen molar-refractivity contribution in [2.75, 3.05) is 0 Å². The molecule has 0 bridgehead atoms. The molecule has 0 heterocycles. The van der Waals surface area contributed by atoms with Crippen LogP contribution in [0.25, 0.3) is 0 Å². The number of benzene rings is 1. The Bertz CT molecular complexity index is 398. The van der Waals surface area contributed by atoms with Crippen molar-refractivity contribution in [1.29, 1.82) is 0 Å². The number of hydrogen-bond acceptors (Lipinski definition) is 0. The van der Waals surface area contributed by atoms with Gasteiger partial charge in [0, 0.05) is 4.83 Å². The molecule has 1 fully saturated rings. The van der Waals surface area contributed by atoms with Crippen LogP contribution < -0.4 is 0 Å². The van der Waals surface area contributed by atoms with Gasteiger partial charge in [0.2, 0.25) is 0 Å². The molecule has 0 radical (unpaired) electrons. The normalized spacial score (nSPS) is 19.4. The zero-order valence-electron chi connectivity index (χ0n) is 13.3. The second-order valence-electron chi connectivity index (χ2n) is 7.02. The fourth-order valence-corrected chi connectivity index (χ4v) is 4.90. The van der Waals surface area contributed by atoms with E-state index in [1.54, 1.807) is 0 Å². The van der Waals surface area contributed by atoms with Crippen LogP contribution in [0, 0.1) is 11.3 Å². The molecule has 0 aliphatic heterocycles. The summed E-state index contributed by atoms with van der Waals surface area (Å²) in [6.45, 7) is 6.98. The van der Waals surface area contributed by atoms with Crippen LogP contribution in [0.2, 0.25) is 0 Å². The summed E-state index contributed by atoms with van der Waals surface area (Å²) in [7, 11) is 0. The third-order valence-corrected chi connectivity index (χ3v) is 6.26. The van der Waals surface area contributed by atoms with Crippen LogP contribution in [-0.2, 0) is 6.42 Å². The molecule has 1 atom stereocenters. The summed E-state index contributed by atoms with van der Waals surface area (Å²) in [4.78, 5) is 0.524. The summed E-state index contributed by atoms with van der Waals surface area (Å²) >= 11 is 4.06. The maximum absolute atomic E-state index is 4.06. The first-order valence-corrected chi connectivity index (χ1v) is 9.22. The van der Waals surface area contributed by atoms with Crippen LogP contribution in [0.15, 0.2) is 24.3 Å². The molecule has 0 aromatic heterocycles. The largest absolute Gasteiger partial charge is 0.0833 e. The van der Waals surface area contributed by atoms with Crippen LogP contribution in [0.5, 0.6) is 0 Å². The maximum atomic E-state index is 4.06. The van der Waals surface area contributed by atoms with Crippen molar-refractivity contribution in [2.24, 2.45) is 11.3 Å². The lowest BCUT2D eigenvalue weighted by Crippen LogP contribution is -2.24. The van der Waals surface area contributed by atoms with Crippen LogP contribution in [0.3, 0.4) is 0 Å². The molecule has 1 unspecified atom stereocenters. The van der Waals surface area contributed by atoms with Crippen molar-refractivity contribution in [3.05, 3.63) is 35.4 Å². The van der Waals surface area contributed by atoms with Gasteiger partial charge in [0.15, 0.2) is 0 Å². The van der Waals surface area contributed by atoms with Crippen molar-refractivity contribution in [2.45, 2.75) is 70.5 Å². The predicted octanol–water partition coefficient (Wildman–Crippen LogP) is 6.68. The summed E-state index contributed by atoms with van der Waals surface area (Å²) in [5.41, 5.74) is 3.44. The standard InChI is InChI=1S/C19H29Br/c1-4-7-16-8-10-17(11-9-16)18(20)19(14-15(2)3)12-5-6-13-19/h8-11,15,18H,4-7,12-14H2,1-3H3. The number of hydrogen-bond donors (Lipinski definition) is 0. The highest BCUT2D eigenvalue weighted by atomic mass is 79.9. The minimum absolute atomic E-state index is 0.487. The van der Waals surface area contributed by atoms with Gasteiger partial charge < -0.3 is 0 Å². The molecule has 2 rings (SSSR count). The fourth-order valence-electron chi connectivity index (χ4n) is 3.95. The van der Waals surface area contributed by atoms with Gasteiger partial charge in [-0.25, -0.2) is 0 Å². The summed E-state index contributed by atoms with van der Waals surface area (Å²) < 4.78 is 0. The molecule has 1 heteroatoms. The molecular formula is C19H29Br. The Hall–Kier alpha value is -0.300. The van der Waals surface area contributed by atoms with Gasteiger partial charge in [-0.05, 0) is 48.1 Å². The Balaban J connectivity index is 2.16. The molecule has 1 aromatic carbocycles.